The van der Waals surface area contributed by atoms with Crippen molar-refractivity contribution in [3.8, 4) is 0 Å². The fraction of sp³-hybridized carbons (Fsp3) is 0.793. The van der Waals surface area contributed by atoms with Crippen LogP contribution in [0.5, 0.6) is 0 Å². The normalized spacial score (nSPS) is 28.6. The molecule has 0 amide bonds. The second-order valence-corrected chi connectivity index (χ2v) is 11.2. The first-order valence-corrected chi connectivity index (χ1v) is 12.9. The lowest BCUT2D eigenvalue weighted by molar-refractivity contribution is 0.0427. The molecule has 0 aromatic heterocycles. The maximum absolute atomic E-state index is 6.22. The Morgan fingerprint density at radius 3 is 2.23 bits per heavy atom. The highest BCUT2D eigenvalue weighted by Crippen LogP contribution is 2.39. The van der Waals surface area contributed by atoms with E-state index in [0.717, 1.165) is 30.3 Å². The first-order chi connectivity index (χ1) is 14.3. The van der Waals surface area contributed by atoms with Crippen molar-refractivity contribution in [3.05, 3.63) is 35.5 Å². The summed E-state index contributed by atoms with van der Waals surface area (Å²) < 4.78 is 6.22. The van der Waals surface area contributed by atoms with Crippen LogP contribution in [0.15, 0.2) is 35.5 Å². The summed E-state index contributed by atoms with van der Waals surface area (Å²) in [5.74, 6) is 4.18. The summed E-state index contributed by atoms with van der Waals surface area (Å²) in [5, 5.41) is 0. The topological polar surface area (TPSA) is 9.23 Å². The number of hydrogen-bond acceptors (Lipinski definition) is 1. The zero-order chi connectivity index (χ0) is 21.9. The van der Waals surface area contributed by atoms with Crippen LogP contribution < -0.4 is 0 Å². The molecule has 0 saturated heterocycles. The van der Waals surface area contributed by atoms with Gasteiger partial charge in [-0.1, -0.05) is 75.5 Å². The van der Waals surface area contributed by atoms with E-state index in [-0.39, 0.29) is 0 Å². The van der Waals surface area contributed by atoms with Crippen LogP contribution in [-0.2, 0) is 4.74 Å². The van der Waals surface area contributed by atoms with E-state index in [1.807, 2.05) is 0 Å². The molecular weight excluding hydrogens is 364 g/mol. The van der Waals surface area contributed by atoms with Crippen molar-refractivity contribution >= 4 is 0 Å². The smallest absolute Gasteiger partial charge is 0.0756 e. The van der Waals surface area contributed by atoms with Crippen LogP contribution in [0.3, 0.4) is 0 Å². The Labute approximate surface area is 188 Å². The van der Waals surface area contributed by atoms with E-state index in [9.17, 15) is 0 Å². The summed E-state index contributed by atoms with van der Waals surface area (Å²) >= 11 is 0. The third-order valence-electron chi connectivity index (χ3n) is 7.33. The molecule has 0 N–H and O–H groups in total. The van der Waals surface area contributed by atoms with Crippen LogP contribution in [0.4, 0.5) is 0 Å². The van der Waals surface area contributed by atoms with E-state index in [0.29, 0.717) is 12.0 Å². The Morgan fingerprint density at radius 1 is 0.900 bits per heavy atom. The molecule has 0 aliphatic heterocycles. The molecular formula is C29H50O. The Bertz CT molecular complexity index is 555. The molecule has 0 bridgehead atoms. The molecule has 0 spiro atoms. The predicted octanol–water partition coefficient (Wildman–Crippen LogP) is 8.91. The van der Waals surface area contributed by atoms with Gasteiger partial charge in [0.25, 0.3) is 0 Å². The van der Waals surface area contributed by atoms with E-state index < -0.39 is 0 Å². The van der Waals surface area contributed by atoms with Crippen LogP contribution in [0.1, 0.15) is 106 Å². The molecule has 172 valence electrons. The van der Waals surface area contributed by atoms with Crippen LogP contribution in [0.2, 0.25) is 0 Å². The predicted molar refractivity (Wildman–Crippen MR) is 133 cm³/mol. The highest BCUT2D eigenvalue weighted by molar-refractivity contribution is 5.14. The fourth-order valence-electron chi connectivity index (χ4n) is 5.07. The molecule has 0 aromatic carbocycles. The van der Waals surface area contributed by atoms with Gasteiger partial charge in [0.15, 0.2) is 0 Å². The monoisotopic (exact) mass is 414 g/mol. The van der Waals surface area contributed by atoms with Crippen LogP contribution >= 0.6 is 0 Å². The molecule has 1 heteroatoms. The molecule has 1 nitrogen and oxygen atoms in total. The summed E-state index contributed by atoms with van der Waals surface area (Å²) in [6, 6.07) is 0. The number of hydrogen-bond donors (Lipinski definition) is 0. The van der Waals surface area contributed by atoms with E-state index in [1.54, 1.807) is 0 Å². The van der Waals surface area contributed by atoms with Gasteiger partial charge in [0.1, 0.15) is 0 Å². The van der Waals surface area contributed by atoms with Gasteiger partial charge in [-0.3, -0.25) is 0 Å². The van der Waals surface area contributed by atoms with Gasteiger partial charge in [0.05, 0.1) is 6.10 Å². The molecule has 1 saturated carbocycles. The van der Waals surface area contributed by atoms with Gasteiger partial charge in [0.2, 0.25) is 0 Å². The lowest BCUT2D eigenvalue weighted by Crippen LogP contribution is -2.26. The third-order valence-corrected chi connectivity index (χ3v) is 7.33. The standard InChI is InChI=1S/C29H50O/c1-22(2)7-9-24(5)11-12-26-13-15-27(16-14-26)28-17-19-29(20-18-28)30-21-25(6)10-8-23(3)4/h7,9,17,19,23,25-29H,8,10-16,18,20-21H2,1-6H3/b24-9+. The second-order valence-electron chi connectivity index (χ2n) is 11.2. The average Bonchev–Trinajstić information content (AvgIpc) is 2.74. The molecule has 1 fully saturated rings. The number of ether oxygens (including phenoxy) is 1. The van der Waals surface area contributed by atoms with E-state index in [2.05, 4.69) is 65.8 Å². The van der Waals surface area contributed by atoms with Gasteiger partial charge in [-0.15, -0.1) is 0 Å². The SMILES string of the molecule is CC(C)=C/C=C(\C)CCC1CCC(C2C=CC(OCC(C)CCC(C)C)CC2)CC1. The molecule has 3 unspecified atom stereocenters. The van der Waals surface area contributed by atoms with Crippen LogP contribution in [0.25, 0.3) is 0 Å². The first-order valence-electron chi connectivity index (χ1n) is 12.9. The fourth-order valence-corrected chi connectivity index (χ4v) is 5.07. The lowest BCUT2D eigenvalue weighted by Gasteiger charge is -2.35. The number of allylic oxidation sites excluding steroid dienone is 5. The molecule has 2 aliphatic rings. The van der Waals surface area contributed by atoms with Crippen LogP contribution in [-0.4, -0.2) is 12.7 Å². The Hall–Kier alpha value is -0.820. The van der Waals surface area contributed by atoms with Crippen molar-refractivity contribution in [2.24, 2.45) is 29.6 Å². The van der Waals surface area contributed by atoms with Gasteiger partial charge >= 0.3 is 0 Å². The van der Waals surface area contributed by atoms with Gasteiger partial charge in [-0.2, -0.15) is 0 Å². The maximum atomic E-state index is 6.22. The van der Waals surface area contributed by atoms with Crippen molar-refractivity contribution in [2.75, 3.05) is 6.61 Å². The first kappa shape index (κ1) is 25.4. The highest BCUT2D eigenvalue weighted by atomic mass is 16.5. The minimum Gasteiger partial charge on any atom is -0.374 e. The minimum absolute atomic E-state index is 0.370. The van der Waals surface area contributed by atoms with Crippen molar-refractivity contribution in [3.63, 3.8) is 0 Å². The summed E-state index contributed by atoms with van der Waals surface area (Å²) in [7, 11) is 0. The molecule has 0 heterocycles. The van der Waals surface area contributed by atoms with Crippen LogP contribution in [0, 0.1) is 29.6 Å². The largest absolute Gasteiger partial charge is 0.374 e. The van der Waals surface area contributed by atoms with E-state index in [1.165, 1.54) is 75.4 Å². The van der Waals surface area contributed by atoms with Crippen molar-refractivity contribution in [1.29, 1.82) is 0 Å². The summed E-state index contributed by atoms with van der Waals surface area (Å²) in [5.41, 5.74) is 2.93. The van der Waals surface area contributed by atoms with Gasteiger partial charge < -0.3 is 4.74 Å². The van der Waals surface area contributed by atoms with Crippen molar-refractivity contribution in [1.82, 2.24) is 0 Å². The van der Waals surface area contributed by atoms with Crippen molar-refractivity contribution in [2.45, 2.75) is 112 Å². The quantitative estimate of drug-likeness (QED) is 0.242. The Kier molecular flexibility index (Phi) is 11.5. The van der Waals surface area contributed by atoms with Crippen molar-refractivity contribution < 1.29 is 4.74 Å². The zero-order valence-corrected chi connectivity index (χ0v) is 21.0. The maximum Gasteiger partial charge on any atom is 0.0756 e. The minimum atomic E-state index is 0.370. The molecule has 30 heavy (non-hydrogen) atoms. The lowest BCUT2D eigenvalue weighted by atomic mass is 9.72. The highest BCUT2D eigenvalue weighted by Gasteiger charge is 2.28. The zero-order valence-electron chi connectivity index (χ0n) is 21.0. The Balaban J connectivity index is 1.64. The molecule has 2 rings (SSSR count). The summed E-state index contributed by atoms with van der Waals surface area (Å²) in [4.78, 5) is 0. The summed E-state index contributed by atoms with van der Waals surface area (Å²) in [6.45, 7) is 14.5. The third kappa shape index (κ3) is 9.99. The number of rotatable bonds is 11. The summed E-state index contributed by atoms with van der Waals surface area (Å²) in [6.07, 6.45) is 23.5. The molecule has 3 atom stereocenters. The second kappa shape index (κ2) is 13.6. The van der Waals surface area contributed by atoms with Gasteiger partial charge in [-0.25, -0.2) is 0 Å². The molecule has 0 aromatic rings. The Morgan fingerprint density at radius 2 is 1.63 bits per heavy atom. The average molecular weight is 415 g/mol. The molecule has 0 radical (unpaired) electrons. The van der Waals surface area contributed by atoms with Gasteiger partial charge in [-0.05, 0) is 95.3 Å². The van der Waals surface area contributed by atoms with E-state index >= 15 is 0 Å². The molecule has 2 aliphatic carbocycles. The van der Waals surface area contributed by atoms with E-state index in [4.69, 9.17) is 4.74 Å². The van der Waals surface area contributed by atoms with Gasteiger partial charge in [0, 0.05) is 6.61 Å².